The summed E-state index contributed by atoms with van der Waals surface area (Å²) < 4.78 is 10.6. The van der Waals surface area contributed by atoms with Crippen molar-refractivity contribution in [2.75, 3.05) is 13.3 Å². The van der Waals surface area contributed by atoms with Crippen molar-refractivity contribution in [1.29, 1.82) is 0 Å². The quantitative estimate of drug-likeness (QED) is 0.858. The first-order chi connectivity index (χ1) is 11.2. The number of rotatable bonds is 6. The molecule has 0 saturated heterocycles. The third-order valence-corrected chi connectivity index (χ3v) is 3.62. The zero-order valence-corrected chi connectivity index (χ0v) is 13.1. The summed E-state index contributed by atoms with van der Waals surface area (Å²) in [6.45, 7) is 3.74. The third-order valence-electron chi connectivity index (χ3n) is 3.62. The summed E-state index contributed by atoms with van der Waals surface area (Å²) in [6, 6.07) is 13.9. The molecule has 3 rings (SSSR count). The van der Waals surface area contributed by atoms with Crippen molar-refractivity contribution in [3.8, 4) is 11.5 Å². The van der Waals surface area contributed by atoms with Crippen molar-refractivity contribution in [2.24, 2.45) is 0 Å². The SMILES string of the molecule is Cc1cccc(CNC(=O)CNCc2ccc3c(c2)OCO3)c1. The predicted molar refractivity (Wildman–Crippen MR) is 87.3 cm³/mol. The van der Waals surface area contributed by atoms with Gasteiger partial charge in [-0.15, -0.1) is 0 Å². The van der Waals surface area contributed by atoms with Gasteiger partial charge in [0.2, 0.25) is 12.7 Å². The van der Waals surface area contributed by atoms with Gasteiger partial charge in [-0.25, -0.2) is 0 Å². The van der Waals surface area contributed by atoms with E-state index in [0.717, 1.165) is 22.6 Å². The van der Waals surface area contributed by atoms with Crippen molar-refractivity contribution in [2.45, 2.75) is 20.0 Å². The molecule has 0 aromatic heterocycles. The Labute approximate surface area is 135 Å². The number of hydrogen-bond donors (Lipinski definition) is 2. The first-order valence-electron chi connectivity index (χ1n) is 7.62. The Morgan fingerprint density at radius 1 is 1.04 bits per heavy atom. The molecule has 0 radical (unpaired) electrons. The van der Waals surface area contributed by atoms with Crippen LogP contribution >= 0.6 is 0 Å². The molecule has 23 heavy (non-hydrogen) atoms. The molecule has 2 aromatic rings. The van der Waals surface area contributed by atoms with Gasteiger partial charge in [-0.2, -0.15) is 0 Å². The Morgan fingerprint density at radius 2 is 1.87 bits per heavy atom. The highest BCUT2D eigenvalue weighted by Gasteiger charge is 2.13. The van der Waals surface area contributed by atoms with Crippen LogP contribution in [0.1, 0.15) is 16.7 Å². The van der Waals surface area contributed by atoms with Gasteiger partial charge in [0.1, 0.15) is 0 Å². The van der Waals surface area contributed by atoms with E-state index >= 15 is 0 Å². The fraction of sp³-hybridized carbons (Fsp3) is 0.278. The molecule has 1 amide bonds. The van der Waals surface area contributed by atoms with E-state index in [4.69, 9.17) is 9.47 Å². The van der Waals surface area contributed by atoms with Crippen LogP contribution in [0.5, 0.6) is 11.5 Å². The lowest BCUT2D eigenvalue weighted by atomic mass is 10.1. The molecule has 0 atom stereocenters. The summed E-state index contributed by atoms with van der Waals surface area (Å²) >= 11 is 0. The second kappa shape index (κ2) is 7.15. The number of nitrogens with one attached hydrogen (secondary N) is 2. The average Bonchev–Trinajstić information content (AvgIpc) is 3.01. The van der Waals surface area contributed by atoms with E-state index in [2.05, 4.69) is 16.7 Å². The van der Waals surface area contributed by atoms with Gasteiger partial charge in [0, 0.05) is 13.1 Å². The Balaban J connectivity index is 1.41. The average molecular weight is 312 g/mol. The van der Waals surface area contributed by atoms with Gasteiger partial charge in [0.15, 0.2) is 11.5 Å². The largest absolute Gasteiger partial charge is 0.454 e. The Hall–Kier alpha value is -2.53. The van der Waals surface area contributed by atoms with Gasteiger partial charge in [0.05, 0.1) is 6.54 Å². The minimum Gasteiger partial charge on any atom is -0.454 e. The number of fused-ring (bicyclic) bond motifs is 1. The molecular weight excluding hydrogens is 292 g/mol. The van der Waals surface area contributed by atoms with Crippen molar-refractivity contribution in [3.63, 3.8) is 0 Å². The van der Waals surface area contributed by atoms with E-state index in [1.54, 1.807) is 0 Å². The molecule has 0 spiro atoms. The summed E-state index contributed by atoms with van der Waals surface area (Å²) in [7, 11) is 0. The Morgan fingerprint density at radius 3 is 2.74 bits per heavy atom. The molecule has 0 bridgehead atoms. The van der Waals surface area contributed by atoms with Gasteiger partial charge < -0.3 is 20.1 Å². The number of benzene rings is 2. The highest BCUT2D eigenvalue weighted by molar-refractivity contribution is 5.77. The second-order valence-electron chi connectivity index (χ2n) is 5.56. The summed E-state index contributed by atoms with van der Waals surface area (Å²) in [5, 5.41) is 6.04. The number of ether oxygens (including phenoxy) is 2. The van der Waals surface area contributed by atoms with Crippen molar-refractivity contribution >= 4 is 5.91 Å². The highest BCUT2D eigenvalue weighted by Crippen LogP contribution is 2.32. The fourth-order valence-corrected chi connectivity index (χ4v) is 2.46. The predicted octanol–water partition coefficient (Wildman–Crippen LogP) is 2.13. The smallest absolute Gasteiger partial charge is 0.234 e. The van der Waals surface area contributed by atoms with Gasteiger partial charge in [-0.1, -0.05) is 35.9 Å². The number of amides is 1. The van der Waals surface area contributed by atoms with Crippen LogP contribution < -0.4 is 20.1 Å². The summed E-state index contributed by atoms with van der Waals surface area (Å²) in [4.78, 5) is 11.9. The summed E-state index contributed by atoms with van der Waals surface area (Å²) in [5.74, 6) is 1.50. The van der Waals surface area contributed by atoms with E-state index in [1.807, 2.05) is 43.3 Å². The first kappa shape index (κ1) is 15.4. The van der Waals surface area contributed by atoms with Gasteiger partial charge in [-0.3, -0.25) is 4.79 Å². The minimum atomic E-state index is -0.0211. The maximum absolute atomic E-state index is 11.9. The molecule has 5 nitrogen and oxygen atoms in total. The van der Waals surface area contributed by atoms with Crippen LogP contribution in [0.4, 0.5) is 0 Å². The van der Waals surface area contributed by atoms with Crippen LogP contribution in [-0.2, 0) is 17.9 Å². The van der Waals surface area contributed by atoms with E-state index in [1.165, 1.54) is 5.56 Å². The summed E-state index contributed by atoms with van der Waals surface area (Å²) in [5.41, 5.74) is 3.35. The number of carbonyl (C=O) groups excluding carboxylic acids is 1. The summed E-state index contributed by atoms with van der Waals surface area (Å²) in [6.07, 6.45) is 0. The lowest BCUT2D eigenvalue weighted by molar-refractivity contribution is -0.120. The molecule has 0 unspecified atom stereocenters. The van der Waals surface area contributed by atoms with Crippen molar-refractivity contribution in [1.82, 2.24) is 10.6 Å². The highest BCUT2D eigenvalue weighted by atomic mass is 16.7. The van der Waals surface area contributed by atoms with Gasteiger partial charge in [0.25, 0.3) is 0 Å². The molecule has 0 fully saturated rings. The molecule has 0 saturated carbocycles. The molecule has 1 aliphatic rings. The topological polar surface area (TPSA) is 59.6 Å². The van der Waals surface area contributed by atoms with Crippen LogP contribution in [0.2, 0.25) is 0 Å². The first-order valence-corrected chi connectivity index (χ1v) is 7.62. The number of hydrogen-bond acceptors (Lipinski definition) is 4. The molecule has 2 N–H and O–H groups in total. The second-order valence-corrected chi connectivity index (χ2v) is 5.56. The molecule has 0 aliphatic carbocycles. The zero-order valence-electron chi connectivity index (χ0n) is 13.1. The Kier molecular flexibility index (Phi) is 4.78. The maximum atomic E-state index is 11.9. The Bertz CT molecular complexity index is 700. The van der Waals surface area contributed by atoms with Crippen LogP contribution in [0.15, 0.2) is 42.5 Å². The fourth-order valence-electron chi connectivity index (χ4n) is 2.46. The number of carbonyl (C=O) groups is 1. The van der Waals surface area contributed by atoms with E-state index < -0.39 is 0 Å². The van der Waals surface area contributed by atoms with Crippen molar-refractivity contribution in [3.05, 3.63) is 59.2 Å². The number of aryl methyl sites for hydroxylation is 1. The third kappa shape index (κ3) is 4.23. The van der Waals surface area contributed by atoms with E-state index in [9.17, 15) is 4.79 Å². The zero-order chi connectivity index (χ0) is 16.1. The normalized spacial score (nSPS) is 12.2. The van der Waals surface area contributed by atoms with E-state index in [0.29, 0.717) is 13.1 Å². The van der Waals surface area contributed by atoms with Crippen molar-refractivity contribution < 1.29 is 14.3 Å². The lowest BCUT2D eigenvalue weighted by Gasteiger charge is -2.08. The minimum absolute atomic E-state index is 0.0211. The molecule has 120 valence electrons. The van der Waals surface area contributed by atoms with Crippen LogP contribution in [0, 0.1) is 6.92 Å². The molecule has 5 heteroatoms. The molecule has 1 heterocycles. The lowest BCUT2D eigenvalue weighted by Crippen LogP contribution is -2.33. The molecule has 2 aromatic carbocycles. The van der Waals surface area contributed by atoms with Gasteiger partial charge >= 0.3 is 0 Å². The monoisotopic (exact) mass is 312 g/mol. The maximum Gasteiger partial charge on any atom is 0.234 e. The standard InChI is InChI=1S/C18H20N2O3/c1-13-3-2-4-14(7-13)10-20-18(21)11-19-9-15-5-6-16-17(8-15)23-12-22-16/h2-8,19H,9-12H2,1H3,(H,20,21). The van der Waals surface area contributed by atoms with Crippen LogP contribution in [-0.4, -0.2) is 19.2 Å². The van der Waals surface area contributed by atoms with Crippen LogP contribution in [0.3, 0.4) is 0 Å². The van der Waals surface area contributed by atoms with Crippen LogP contribution in [0.25, 0.3) is 0 Å². The van der Waals surface area contributed by atoms with Gasteiger partial charge in [-0.05, 0) is 30.2 Å². The van der Waals surface area contributed by atoms with E-state index in [-0.39, 0.29) is 19.2 Å². The molecule has 1 aliphatic heterocycles. The molecular formula is C18H20N2O3.